The monoisotopic (exact) mass is 366 g/mol. The first-order valence-corrected chi connectivity index (χ1v) is 8.39. The van der Waals surface area contributed by atoms with E-state index in [1.54, 1.807) is 0 Å². The summed E-state index contributed by atoms with van der Waals surface area (Å²) in [6.07, 6.45) is 4.43. The predicted octanol–water partition coefficient (Wildman–Crippen LogP) is 3.81. The van der Waals surface area contributed by atoms with Gasteiger partial charge in [-0.2, -0.15) is 0 Å². The SMILES string of the molecule is CC1(C(=O)O)C=CC=C(C(=O)O)C1.OC(=S)SCc1ccccc1. The quantitative estimate of drug-likeness (QED) is 0.697. The minimum absolute atomic E-state index is 0.00820. The van der Waals surface area contributed by atoms with Crippen molar-refractivity contribution in [1.29, 1.82) is 0 Å². The Morgan fingerprint density at radius 1 is 1.21 bits per heavy atom. The number of carboxylic acids is 2. The molecule has 24 heavy (non-hydrogen) atoms. The second-order valence-corrected chi connectivity index (χ2v) is 6.90. The molecular weight excluding hydrogens is 348 g/mol. The standard InChI is InChI=1S/C9H10O4.C8H8OS2/c1-9(8(12)13)4-2-3-6(5-9)7(10)11;9-8(10)11-6-7-4-2-1-3-5-7/h2-4H,5H2,1H3,(H,10,11)(H,12,13);1-5H,6H2,(H,9,10). The van der Waals surface area contributed by atoms with Crippen molar-refractivity contribution in [3.8, 4) is 0 Å². The van der Waals surface area contributed by atoms with Crippen LogP contribution in [-0.4, -0.2) is 31.6 Å². The summed E-state index contributed by atoms with van der Waals surface area (Å²) >= 11 is 5.78. The molecule has 1 atom stereocenters. The molecule has 1 aromatic carbocycles. The maximum atomic E-state index is 10.8. The van der Waals surface area contributed by atoms with Crippen molar-refractivity contribution in [2.75, 3.05) is 0 Å². The predicted molar refractivity (Wildman–Crippen MR) is 98.2 cm³/mol. The van der Waals surface area contributed by atoms with E-state index in [0.717, 1.165) is 5.75 Å². The van der Waals surface area contributed by atoms with Crippen LogP contribution in [-0.2, 0) is 15.3 Å². The lowest BCUT2D eigenvalue weighted by molar-refractivity contribution is -0.145. The molecule has 0 amide bonds. The van der Waals surface area contributed by atoms with Crippen LogP contribution < -0.4 is 0 Å². The molecule has 1 unspecified atom stereocenters. The minimum Gasteiger partial charge on any atom is -0.494 e. The van der Waals surface area contributed by atoms with Gasteiger partial charge in [-0.05, 0) is 31.1 Å². The van der Waals surface area contributed by atoms with Crippen LogP contribution in [0.1, 0.15) is 18.9 Å². The highest BCUT2D eigenvalue weighted by Gasteiger charge is 2.34. The number of thioether (sulfide) groups is 1. The number of aliphatic hydroxyl groups is 1. The summed E-state index contributed by atoms with van der Waals surface area (Å²) in [6, 6.07) is 9.91. The summed E-state index contributed by atoms with van der Waals surface area (Å²) in [5.74, 6) is -1.32. The molecule has 1 aromatic rings. The normalized spacial score (nSPS) is 18.8. The van der Waals surface area contributed by atoms with Crippen LogP contribution in [0, 0.1) is 5.41 Å². The maximum absolute atomic E-state index is 10.8. The second-order valence-electron chi connectivity index (χ2n) is 5.30. The first-order chi connectivity index (χ1) is 11.2. The fourth-order valence-electron chi connectivity index (χ4n) is 1.90. The van der Waals surface area contributed by atoms with E-state index in [1.165, 1.54) is 42.5 Å². The van der Waals surface area contributed by atoms with Crippen LogP contribution in [0.4, 0.5) is 0 Å². The largest absolute Gasteiger partial charge is 0.494 e. The maximum Gasteiger partial charge on any atom is 0.331 e. The Morgan fingerprint density at radius 3 is 2.33 bits per heavy atom. The second kappa shape index (κ2) is 9.24. The highest BCUT2D eigenvalue weighted by Crippen LogP contribution is 2.31. The molecule has 128 valence electrons. The highest BCUT2D eigenvalue weighted by molar-refractivity contribution is 8.21. The lowest BCUT2D eigenvalue weighted by Crippen LogP contribution is -2.28. The lowest BCUT2D eigenvalue weighted by Gasteiger charge is -2.23. The van der Waals surface area contributed by atoms with Crippen molar-refractivity contribution < 1.29 is 24.9 Å². The first kappa shape index (κ1) is 19.9. The van der Waals surface area contributed by atoms with Crippen LogP contribution in [0.2, 0.25) is 0 Å². The van der Waals surface area contributed by atoms with Gasteiger partial charge in [0.1, 0.15) is 0 Å². The van der Waals surface area contributed by atoms with Crippen LogP contribution in [0.3, 0.4) is 0 Å². The zero-order valence-corrected chi connectivity index (χ0v) is 14.6. The number of hydrogen-bond acceptors (Lipinski definition) is 4. The topological polar surface area (TPSA) is 94.8 Å². The Bertz CT molecular complexity index is 667. The van der Waals surface area contributed by atoms with Gasteiger partial charge in [-0.1, -0.05) is 60.3 Å². The molecule has 0 spiro atoms. The van der Waals surface area contributed by atoms with E-state index in [1.807, 2.05) is 30.3 Å². The van der Waals surface area contributed by atoms with E-state index in [0.29, 0.717) is 0 Å². The van der Waals surface area contributed by atoms with Crippen molar-refractivity contribution in [3.63, 3.8) is 0 Å². The molecular formula is C17H18O5S2. The summed E-state index contributed by atoms with van der Waals surface area (Å²) in [5.41, 5.74) is 0.226. The van der Waals surface area contributed by atoms with Crippen LogP contribution >= 0.6 is 24.0 Å². The van der Waals surface area contributed by atoms with E-state index in [4.69, 9.17) is 15.3 Å². The fourth-order valence-corrected chi connectivity index (χ4v) is 2.56. The van der Waals surface area contributed by atoms with Crippen molar-refractivity contribution in [2.45, 2.75) is 19.1 Å². The van der Waals surface area contributed by atoms with E-state index < -0.39 is 17.4 Å². The van der Waals surface area contributed by atoms with Gasteiger partial charge < -0.3 is 15.3 Å². The molecule has 7 heteroatoms. The third-order valence-electron chi connectivity index (χ3n) is 3.29. The number of allylic oxidation sites excluding steroid dienone is 2. The van der Waals surface area contributed by atoms with Gasteiger partial charge in [0.2, 0.25) is 4.38 Å². The lowest BCUT2D eigenvalue weighted by atomic mass is 9.80. The third-order valence-corrected chi connectivity index (χ3v) is 4.37. The average Bonchev–Trinajstić information content (AvgIpc) is 2.54. The number of rotatable bonds is 4. The fraction of sp³-hybridized carbons (Fsp3) is 0.235. The summed E-state index contributed by atoms with van der Waals surface area (Å²) < 4.78 is 0.00820. The molecule has 0 fully saturated rings. The van der Waals surface area contributed by atoms with Crippen LogP contribution in [0.5, 0.6) is 0 Å². The average molecular weight is 366 g/mol. The van der Waals surface area contributed by atoms with E-state index in [-0.39, 0.29) is 16.4 Å². The third kappa shape index (κ3) is 6.55. The Balaban J connectivity index is 0.000000243. The Hall–Kier alpha value is -2.12. The number of carbonyl (C=O) groups is 2. The van der Waals surface area contributed by atoms with Gasteiger partial charge in [0, 0.05) is 11.3 Å². The molecule has 0 radical (unpaired) electrons. The highest BCUT2D eigenvalue weighted by atomic mass is 32.2. The number of carboxylic acid groups (broad SMARTS) is 2. The smallest absolute Gasteiger partial charge is 0.331 e. The summed E-state index contributed by atoms with van der Waals surface area (Å²) in [4.78, 5) is 21.3. The van der Waals surface area contributed by atoms with Crippen molar-refractivity contribution in [2.24, 2.45) is 5.41 Å². The Morgan fingerprint density at radius 2 is 1.83 bits per heavy atom. The molecule has 0 saturated carbocycles. The van der Waals surface area contributed by atoms with E-state index in [2.05, 4.69) is 12.2 Å². The van der Waals surface area contributed by atoms with Gasteiger partial charge in [-0.3, -0.25) is 4.79 Å². The van der Waals surface area contributed by atoms with Gasteiger partial charge in [-0.25, -0.2) is 4.79 Å². The van der Waals surface area contributed by atoms with Gasteiger partial charge in [0.15, 0.2) is 0 Å². The van der Waals surface area contributed by atoms with Crippen LogP contribution in [0.15, 0.2) is 54.1 Å². The molecule has 0 saturated heterocycles. The molecule has 0 heterocycles. The van der Waals surface area contributed by atoms with Crippen molar-refractivity contribution in [1.82, 2.24) is 0 Å². The van der Waals surface area contributed by atoms with Gasteiger partial charge in [0.05, 0.1) is 5.41 Å². The number of aliphatic hydroxyl groups excluding tert-OH is 1. The van der Waals surface area contributed by atoms with Gasteiger partial charge in [0.25, 0.3) is 0 Å². The summed E-state index contributed by atoms with van der Waals surface area (Å²) in [7, 11) is 0. The van der Waals surface area contributed by atoms with Gasteiger partial charge in [-0.15, -0.1) is 0 Å². The van der Waals surface area contributed by atoms with Crippen molar-refractivity contribution in [3.05, 3.63) is 59.7 Å². The van der Waals surface area contributed by atoms with E-state index >= 15 is 0 Å². The summed E-state index contributed by atoms with van der Waals surface area (Å²) in [5, 5.41) is 26.2. The number of aliphatic carboxylic acids is 2. The minimum atomic E-state index is -1.08. The van der Waals surface area contributed by atoms with Gasteiger partial charge >= 0.3 is 11.9 Å². The zero-order valence-electron chi connectivity index (χ0n) is 13.0. The number of thiocarbonyl (C=S) groups is 1. The molecule has 5 nitrogen and oxygen atoms in total. The van der Waals surface area contributed by atoms with E-state index in [9.17, 15) is 9.59 Å². The molecule has 0 aromatic heterocycles. The molecule has 0 bridgehead atoms. The van der Waals surface area contributed by atoms with Crippen LogP contribution in [0.25, 0.3) is 0 Å². The zero-order chi connectivity index (χ0) is 18.2. The first-order valence-electron chi connectivity index (χ1n) is 6.99. The summed E-state index contributed by atoms with van der Waals surface area (Å²) in [6.45, 7) is 1.50. The molecule has 1 aliphatic carbocycles. The number of benzene rings is 1. The molecule has 1 aliphatic rings. The number of hydrogen-bond donors (Lipinski definition) is 3. The Labute approximate surface area is 149 Å². The molecule has 2 rings (SSSR count). The van der Waals surface area contributed by atoms with Crippen molar-refractivity contribution >= 4 is 40.3 Å². The molecule has 0 aliphatic heterocycles. The molecule has 3 N–H and O–H groups in total. The Kier molecular flexibility index (Phi) is 7.67.